The number of benzene rings is 2. The Labute approximate surface area is 178 Å². The van der Waals surface area contributed by atoms with Crippen LogP contribution >= 0.6 is 0 Å². The second-order valence-electron chi connectivity index (χ2n) is 5.87. The van der Waals surface area contributed by atoms with Crippen molar-refractivity contribution in [1.29, 1.82) is 0 Å². The van der Waals surface area contributed by atoms with Gasteiger partial charge in [-0.05, 0) is 23.3 Å². The highest BCUT2D eigenvalue weighted by Crippen LogP contribution is 2.33. The van der Waals surface area contributed by atoms with E-state index < -0.39 is 29.6 Å². The van der Waals surface area contributed by atoms with Crippen molar-refractivity contribution in [2.75, 3.05) is 28.4 Å². The van der Waals surface area contributed by atoms with Gasteiger partial charge in [0.1, 0.15) is 11.3 Å². The molecule has 0 spiro atoms. The molecule has 9 heteroatoms. The van der Waals surface area contributed by atoms with E-state index in [1.54, 1.807) is 30.3 Å². The molecule has 0 aliphatic heterocycles. The maximum absolute atomic E-state index is 12.5. The van der Waals surface area contributed by atoms with Gasteiger partial charge in [0.25, 0.3) is 0 Å². The molecule has 0 N–H and O–H groups in total. The maximum atomic E-state index is 12.5. The van der Waals surface area contributed by atoms with Gasteiger partial charge >= 0.3 is 23.9 Å². The molecule has 2 aromatic rings. The second kappa shape index (κ2) is 10.6. The number of ether oxygens (including phenoxy) is 5. The zero-order chi connectivity index (χ0) is 23.0. The Morgan fingerprint density at radius 3 is 1.94 bits per heavy atom. The van der Waals surface area contributed by atoms with Crippen molar-refractivity contribution < 1.29 is 42.9 Å². The van der Waals surface area contributed by atoms with Gasteiger partial charge in [-0.2, -0.15) is 0 Å². The average molecular weight is 428 g/mol. The first-order valence-electron chi connectivity index (χ1n) is 8.82. The van der Waals surface area contributed by atoms with Crippen LogP contribution in [0.4, 0.5) is 0 Å². The number of carbonyl (C=O) groups is 4. The number of rotatable bonds is 7. The number of methoxy groups -OCH3 is 4. The molecule has 0 heterocycles. The molecule has 0 saturated carbocycles. The molecule has 0 fully saturated rings. The van der Waals surface area contributed by atoms with Crippen LogP contribution in [0.5, 0.6) is 5.75 Å². The minimum absolute atomic E-state index is 0.159. The van der Waals surface area contributed by atoms with Crippen LogP contribution in [0.1, 0.15) is 20.7 Å². The lowest BCUT2D eigenvalue weighted by Gasteiger charge is -2.16. The number of hydrogen-bond acceptors (Lipinski definition) is 9. The summed E-state index contributed by atoms with van der Waals surface area (Å²) in [6.45, 7) is 0. The minimum atomic E-state index is -1.01. The fourth-order valence-corrected chi connectivity index (χ4v) is 2.59. The molecular formula is C22H20O9. The van der Waals surface area contributed by atoms with Gasteiger partial charge in [-0.15, -0.1) is 0 Å². The SMILES string of the molecule is COC(=O)/C=C(/Oc1cc(-c2ccccc2)cc(C(=O)OC)c1C(=O)OC)C(=O)OC. The highest BCUT2D eigenvalue weighted by atomic mass is 16.6. The summed E-state index contributed by atoms with van der Waals surface area (Å²) in [5.74, 6) is -4.45. The number of carbonyl (C=O) groups excluding carboxylic acids is 4. The standard InChI is InChI=1S/C22H20O9/c1-27-18(23)12-17(21(25)29-3)31-16-11-14(13-8-6-5-7-9-13)10-15(20(24)28-2)19(16)22(26)30-4/h5-12H,1-4H3/b17-12+. The van der Waals surface area contributed by atoms with Crippen LogP contribution in [0.3, 0.4) is 0 Å². The third-order valence-electron chi connectivity index (χ3n) is 4.06. The van der Waals surface area contributed by atoms with E-state index in [1.807, 2.05) is 0 Å². The molecule has 0 aliphatic carbocycles. The summed E-state index contributed by atoms with van der Waals surface area (Å²) in [7, 11) is 4.46. The van der Waals surface area contributed by atoms with E-state index in [1.165, 1.54) is 12.1 Å². The summed E-state index contributed by atoms with van der Waals surface area (Å²) >= 11 is 0. The summed E-state index contributed by atoms with van der Waals surface area (Å²) in [5.41, 5.74) is 0.707. The molecule has 0 unspecified atom stereocenters. The molecule has 0 atom stereocenters. The Balaban J connectivity index is 2.79. The molecule has 0 amide bonds. The van der Waals surface area contributed by atoms with Crippen molar-refractivity contribution >= 4 is 23.9 Å². The molecule has 9 nitrogen and oxygen atoms in total. The Hall–Kier alpha value is -4.14. The zero-order valence-corrected chi connectivity index (χ0v) is 17.3. The van der Waals surface area contributed by atoms with E-state index in [2.05, 4.69) is 9.47 Å². The Kier molecular flexibility index (Phi) is 7.90. The van der Waals surface area contributed by atoms with Gasteiger partial charge in [-0.3, -0.25) is 0 Å². The average Bonchev–Trinajstić information content (AvgIpc) is 2.81. The van der Waals surface area contributed by atoms with E-state index in [4.69, 9.17) is 14.2 Å². The fourth-order valence-electron chi connectivity index (χ4n) is 2.59. The first kappa shape index (κ1) is 23.1. The molecule has 0 bridgehead atoms. The quantitative estimate of drug-likeness (QED) is 0.284. The van der Waals surface area contributed by atoms with E-state index in [9.17, 15) is 19.2 Å². The van der Waals surface area contributed by atoms with E-state index >= 15 is 0 Å². The Morgan fingerprint density at radius 2 is 1.39 bits per heavy atom. The summed E-state index contributed by atoms with van der Waals surface area (Å²) < 4.78 is 24.3. The lowest BCUT2D eigenvalue weighted by atomic mass is 9.98. The highest BCUT2D eigenvalue weighted by molar-refractivity contribution is 6.06. The van der Waals surface area contributed by atoms with Crippen molar-refractivity contribution in [1.82, 2.24) is 0 Å². The normalized spacial score (nSPS) is 10.6. The van der Waals surface area contributed by atoms with Gasteiger partial charge < -0.3 is 23.7 Å². The van der Waals surface area contributed by atoms with Crippen LogP contribution in [0.15, 0.2) is 54.3 Å². The van der Waals surface area contributed by atoms with Crippen LogP contribution in [0.25, 0.3) is 11.1 Å². The van der Waals surface area contributed by atoms with Crippen LogP contribution in [0, 0.1) is 0 Å². The first-order chi connectivity index (χ1) is 14.9. The smallest absolute Gasteiger partial charge is 0.374 e. The zero-order valence-electron chi connectivity index (χ0n) is 17.3. The molecule has 31 heavy (non-hydrogen) atoms. The molecule has 0 aromatic heterocycles. The maximum Gasteiger partial charge on any atom is 0.374 e. The van der Waals surface area contributed by atoms with Crippen LogP contribution in [0.2, 0.25) is 0 Å². The van der Waals surface area contributed by atoms with Crippen LogP contribution < -0.4 is 4.74 Å². The number of hydrogen-bond donors (Lipinski definition) is 0. The van der Waals surface area contributed by atoms with Crippen molar-refractivity contribution in [2.45, 2.75) is 0 Å². The van der Waals surface area contributed by atoms with Gasteiger partial charge in [0, 0.05) is 0 Å². The molecule has 0 radical (unpaired) electrons. The monoisotopic (exact) mass is 428 g/mol. The number of esters is 4. The van der Waals surface area contributed by atoms with Crippen molar-refractivity contribution in [3.05, 3.63) is 65.4 Å². The predicted octanol–water partition coefficient (Wildman–Crippen LogP) is 2.54. The molecule has 162 valence electrons. The lowest BCUT2D eigenvalue weighted by molar-refractivity contribution is -0.140. The topological polar surface area (TPSA) is 114 Å². The third-order valence-corrected chi connectivity index (χ3v) is 4.06. The Bertz CT molecular complexity index is 1020. The van der Waals surface area contributed by atoms with Crippen molar-refractivity contribution in [2.24, 2.45) is 0 Å². The van der Waals surface area contributed by atoms with E-state index in [0.717, 1.165) is 34.5 Å². The van der Waals surface area contributed by atoms with E-state index in [0.29, 0.717) is 11.1 Å². The molecule has 2 aromatic carbocycles. The summed E-state index contributed by atoms with van der Waals surface area (Å²) in [6, 6.07) is 11.7. The fraction of sp³-hybridized carbons (Fsp3) is 0.182. The summed E-state index contributed by atoms with van der Waals surface area (Å²) in [6.07, 6.45) is 0.750. The molecule has 0 aliphatic rings. The van der Waals surface area contributed by atoms with Crippen LogP contribution in [-0.4, -0.2) is 52.3 Å². The Morgan fingerprint density at radius 1 is 0.742 bits per heavy atom. The first-order valence-corrected chi connectivity index (χ1v) is 8.82. The molecule has 0 saturated heterocycles. The molecule has 2 rings (SSSR count). The summed E-state index contributed by atoms with van der Waals surface area (Å²) in [4.78, 5) is 48.7. The lowest BCUT2D eigenvalue weighted by Crippen LogP contribution is -2.18. The van der Waals surface area contributed by atoms with E-state index in [-0.39, 0.29) is 16.9 Å². The predicted molar refractivity (Wildman–Crippen MR) is 107 cm³/mol. The van der Waals surface area contributed by atoms with Gasteiger partial charge in [0.05, 0.1) is 40.1 Å². The van der Waals surface area contributed by atoms with Crippen LogP contribution in [-0.2, 0) is 28.5 Å². The summed E-state index contributed by atoms with van der Waals surface area (Å²) in [5, 5.41) is 0. The molecular weight excluding hydrogens is 408 g/mol. The van der Waals surface area contributed by atoms with Gasteiger partial charge in [0.15, 0.2) is 0 Å². The minimum Gasteiger partial charge on any atom is -0.466 e. The van der Waals surface area contributed by atoms with Gasteiger partial charge in [0.2, 0.25) is 5.76 Å². The highest BCUT2D eigenvalue weighted by Gasteiger charge is 2.27. The van der Waals surface area contributed by atoms with Crippen molar-refractivity contribution in [3.8, 4) is 16.9 Å². The third kappa shape index (κ3) is 5.47. The van der Waals surface area contributed by atoms with Gasteiger partial charge in [-0.1, -0.05) is 30.3 Å². The second-order valence-corrected chi connectivity index (χ2v) is 5.87. The largest absolute Gasteiger partial charge is 0.466 e. The van der Waals surface area contributed by atoms with Gasteiger partial charge in [-0.25, -0.2) is 19.2 Å². The van der Waals surface area contributed by atoms with Crippen molar-refractivity contribution in [3.63, 3.8) is 0 Å².